The quantitative estimate of drug-likeness (QED) is 0.275. The molecule has 194 valence electrons. The number of esters is 2. The van der Waals surface area contributed by atoms with E-state index in [1.54, 1.807) is 30.7 Å². The molecule has 2 aromatic carbocycles. The normalized spacial score (nSPS) is 13.7. The number of rotatable bonds is 9. The van der Waals surface area contributed by atoms with Gasteiger partial charge in [-0.3, -0.25) is 0 Å². The summed E-state index contributed by atoms with van der Waals surface area (Å²) in [5.74, 6) is -1.97. The van der Waals surface area contributed by atoms with Gasteiger partial charge in [0.1, 0.15) is 13.2 Å². The lowest BCUT2D eigenvalue weighted by atomic mass is 9.79. The first kappa shape index (κ1) is 26.7. The number of ether oxygens (including phenoxy) is 2. The zero-order valence-electron chi connectivity index (χ0n) is 21.2. The smallest absolute Gasteiger partial charge is 0.337 e. The van der Waals surface area contributed by atoms with Gasteiger partial charge in [0.05, 0.1) is 28.4 Å². The van der Waals surface area contributed by atoms with Crippen LogP contribution in [0.2, 0.25) is 5.02 Å². The third-order valence-corrected chi connectivity index (χ3v) is 6.31. The van der Waals surface area contributed by atoms with Gasteiger partial charge in [0, 0.05) is 33.7 Å². The second-order valence-electron chi connectivity index (χ2n) is 8.63. The van der Waals surface area contributed by atoms with Crippen LogP contribution in [0.25, 0.3) is 16.9 Å². The van der Waals surface area contributed by atoms with E-state index in [2.05, 4.69) is 18.5 Å². The summed E-state index contributed by atoms with van der Waals surface area (Å²) in [6, 6.07) is 16.8. The molecule has 2 heterocycles. The molecule has 1 aromatic heterocycles. The second-order valence-corrected chi connectivity index (χ2v) is 9.07. The summed E-state index contributed by atoms with van der Waals surface area (Å²) in [5, 5.41) is 8.63. The Morgan fingerprint density at radius 1 is 0.947 bits per heavy atom. The molecule has 7 nitrogen and oxygen atoms in total. The number of para-hydroxylation sites is 1. The first-order chi connectivity index (χ1) is 18.3. The highest BCUT2D eigenvalue weighted by Crippen LogP contribution is 2.43. The van der Waals surface area contributed by atoms with Crippen LogP contribution in [0.3, 0.4) is 0 Å². The van der Waals surface area contributed by atoms with Crippen molar-refractivity contribution in [3.05, 3.63) is 119 Å². The Kier molecular flexibility index (Phi) is 8.28. The number of nitrogens with one attached hydrogen (secondary N) is 1. The first-order valence-electron chi connectivity index (χ1n) is 12.0. The van der Waals surface area contributed by atoms with Crippen molar-refractivity contribution in [3.63, 3.8) is 0 Å². The molecule has 3 aromatic rings. The zero-order valence-corrected chi connectivity index (χ0v) is 22.0. The van der Waals surface area contributed by atoms with E-state index >= 15 is 0 Å². The van der Waals surface area contributed by atoms with E-state index in [0.29, 0.717) is 27.7 Å². The van der Waals surface area contributed by atoms with Crippen LogP contribution in [0.5, 0.6) is 0 Å². The molecule has 1 aliphatic heterocycles. The molecule has 0 bridgehead atoms. The molecule has 0 saturated heterocycles. The largest absolute Gasteiger partial charge is 0.458 e. The lowest BCUT2D eigenvalue weighted by molar-refractivity contribution is -0.138. The molecule has 0 aliphatic carbocycles. The second kappa shape index (κ2) is 11.8. The summed E-state index contributed by atoms with van der Waals surface area (Å²) in [5.41, 5.74) is 4.50. The van der Waals surface area contributed by atoms with Gasteiger partial charge in [-0.2, -0.15) is 5.10 Å². The van der Waals surface area contributed by atoms with Crippen LogP contribution in [0.4, 0.5) is 0 Å². The highest BCUT2D eigenvalue weighted by Gasteiger charge is 2.40. The van der Waals surface area contributed by atoms with Crippen molar-refractivity contribution in [2.45, 2.75) is 19.8 Å². The summed E-state index contributed by atoms with van der Waals surface area (Å²) in [7, 11) is 0. The lowest BCUT2D eigenvalue weighted by Crippen LogP contribution is -2.32. The van der Waals surface area contributed by atoms with Crippen molar-refractivity contribution in [1.29, 1.82) is 0 Å². The first-order valence-corrected chi connectivity index (χ1v) is 12.4. The molecule has 0 atom stereocenters. The number of carbonyl (C=O) groups is 2. The van der Waals surface area contributed by atoms with Crippen LogP contribution in [0.15, 0.2) is 109 Å². The molecule has 4 rings (SSSR count). The zero-order chi connectivity index (χ0) is 27.2. The Morgan fingerprint density at radius 3 is 2.03 bits per heavy atom. The minimum Gasteiger partial charge on any atom is -0.458 e. The standard InChI is InChI=1S/C30H28ClN3O4/c1-5-16-37-29(35)25-19(3)32-20(4)26(30(36)38-17-6-2)27(25)24-18-34(23-10-8-7-9-11-23)33-28(24)21-12-14-22(31)15-13-21/h5-15,18,27,32H,1-2,16-17H2,3-4H3. The Hall–Kier alpha value is -4.36. The van der Waals surface area contributed by atoms with Gasteiger partial charge in [-0.25, -0.2) is 14.3 Å². The number of carbonyl (C=O) groups excluding carboxylic acids is 2. The van der Waals surface area contributed by atoms with Crippen LogP contribution >= 0.6 is 11.6 Å². The third kappa shape index (κ3) is 5.48. The molecule has 0 unspecified atom stereocenters. The molecule has 8 heteroatoms. The van der Waals surface area contributed by atoms with Crippen molar-refractivity contribution in [2.75, 3.05) is 13.2 Å². The molecule has 0 fully saturated rings. The number of dihydropyridines is 1. The van der Waals surface area contributed by atoms with E-state index in [1.807, 2.05) is 48.7 Å². The van der Waals surface area contributed by atoms with Crippen molar-refractivity contribution in [2.24, 2.45) is 0 Å². The van der Waals surface area contributed by atoms with Gasteiger partial charge < -0.3 is 14.8 Å². The van der Waals surface area contributed by atoms with E-state index < -0.39 is 17.9 Å². The molecule has 0 radical (unpaired) electrons. The maximum atomic E-state index is 13.4. The van der Waals surface area contributed by atoms with Crippen molar-refractivity contribution >= 4 is 23.5 Å². The van der Waals surface area contributed by atoms with E-state index in [9.17, 15) is 9.59 Å². The average Bonchev–Trinajstić information content (AvgIpc) is 3.36. The fourth-order valence-corrected chi connectivity index (χ4v) is 4.54. The predicted molar refractivity (Wildman–Crippen MR) is 148 cm³/mol. The predicted octanol–water partition coefficient (Wildman–Crippen LogP) is 5.89. The van der Waals surface area contributed by atoms with Gasteiger partial charge in [-0.1, -0.05) is 67.2 Å². The van der Waals surface area contributed by atoms with Crippen LogP contribution in [0.1, 0.15) is 25.3 Å². The molecule has 38 heavy (non-hydrogen) atoms. The van der Waals surface area contributed by atoms with Crippen LogP contribution < -0.4 is 5.32 Å². The third-order valence-electron chi connectivity index (χ3n) is 6.06. The fourth-order valence-electron chi connectivity index (χ4n) is 4.41. The van der Waals surface area contributed by atoms with Gasteiger partial charge >= 0.3 is 11.9 Å². The SMILES string of the molecule is C=CCOC(=O)C1=C(C)NC(C)=C(C(=O)OCC=C)C1c1cn(-c2ccccc2)nc1-c1ccc(Cl)cc1. The highest BCUT2D eigenvalue weighted by molar-refractivity contribution is 6.30. The summed E-state index contributed by atoms with van der Waals surface area (Å²) >= 11 is 6.17. The number of hydrogen-bond donors (Lipinski definition) is 1. The van der Waals surface area contributed by atoms with Crippen LogP contribution in [-0.4, -0.2) is 34.9 Å². The number of nitrogens with zero attached hydrogens (tertiary/aromatic N) is 2. The maximum absolute atomic E-state index is 13.4. The number of halogens is 1. The Bertz CT molecular complexity index is 1390. The maximum Gasteiger partial charge on any atom is 0.337 e. The van der Waals surface area contributed by atoms with Crippen LogP contribution in [0, 0.1) is 0 Å². The van der Waals surface area contributed by atoms with Crippen molar-refractivity contribution in [1.82, 2.24) is 15.1 Å². The van der Waals surface area contributed by atoms with E-state index in [0.717, 1.165) is 11.3 Å². The topological polar surface area (TPSA) is 82.5 Å². The minimum atomic E-state index is -0.825. The van der Waals surface area contributed by atoms with Gasteiger partial charge in [-0.05, 0) is 38.1 Å². The van der Waals surface area contributed by atoms with Gasteiger partial charge in [0.15, 0.2) is 0 Å². The molecular weight excluding hydrogens is 502 g/mol. The Balaban J connectivity index is 1.98. The Labute approximate surface area is 226 Å². The molecular formula is C30H28ClN3O4. The van der Waals surface area contributed by atoms with Crippen molar-refractivity contribution in [3.8, 4) is 16.9 Å². The van der Waals surface area contributed by atoms with E-state index in [1.165, 1.54) is 12.2 Å². The summed E-state index contributed by atoms with van der Waals surface area (Å²) in [6.07, 6.45) is 4.81. The molecule has 1 N–H and O–H groups in total. The highest BCUT2D eigenvalue weighted by atomic mass is 35.5. The monoisotopic (exact) mass is 529 g/mol. The Morgan fingerprint density at radius 2 is 1.50 bits per heavy atom. The fraction of sp³-hybridized carbons (Fsp3) is 0.167. The lowest BCUT2D eigenvalue weighted by Gasteiger charge is -2.30. The van der Waals surface area contributed by atoms with Gasteiger partial charge in [0.2, 0.25) is 0 Å². The van der Waals surface area contributed by atoms with E-state index in [4.69, 9.17) is 26.2 Å². The van der Waals surface area contributed by atoms with Crippen LogP contribution in [-0.2, 0) is 19.1 Å². The molecule has 1 aliphatic rings. The molecule has 0 saturated carbocycles. The number of aromatic nitrogens is 2. The summed E-state index contributed by atoms with van der Waals surface area (Å²) in [6.45, 7) is 10.9. The summed E-state index contributed by atoms with van der Waals surface area (Å²) < 4.78 is 12.6. The molecule has 0 spiro atoms. The average molecular weight is 530 g/mol. The minimum absolute atomic E-state index is 0.0224. The van der Waals surface area contributed by atoms with Crippen molar-refractivity contribution < 1.29 is 19.1 Å². The number of allylic oxidation sites excluding steroid dienone is 2. The van der Waals surface area contributed by atoms with E-state index in [-0.39, 0.29) is 24.4 Å². The van der Waals surface area contributed by atoms with Gasteiger partial charge in [0.25, 0.3) is 0 Å². The number of benzene rings is 2. The summed E-state index contributed by atoms with van der Waals surface area (Å²) in [4.78, 5) is 26.8. The molecule has 0 amide bonds. The number of hydrogen-bond acceptors (Lipinski definition) is 6. The van der Waals surface area contributed by atoms with Gasteiger partial charge in [-0.15, -0.1) is 0 Å².